The third kappa shape index (κ3) is 4.37. The van der Waals surface area contributed by atoms with E-state index in [0.29, 0.717) is 0 Å². The molecule has 0 aromatic rings. The summed E-state index contributed by atoms with van der Waals surface area (Å²) in [7, 11) is 2.00. The molecule has 1 saturated heterocycles. The quantitative estimate of drug-likeness (QED) is 0.633. The summed E-state index contributed by atoms with van der Waals surface area (Å²) >= 11 is 0. The lowest BCUT2D eigenvalue weighted by atomic mass is 10.3. The number of nitrogens with zero attached hydrogens (tertiary/aromatic N) is 2. The van der Waals surface area contributed by atoms with Crippen LogP contribution in [-0.2, 0) is 4.74 Å². The van der Waals surface area contributed by atoms with Crippen LogP contribution in [0.25, 0.3) is 0 Å². The van der Waals surface area contributed by atoms with Gasteiger partial charge in [-0.1, -0.05) is 7.92 Å². The molecule has 13 heavy (non-hydrogen) atoms. The van der Waals surface area contributed by atoms with Gasteiger partial charge in [0.15, 0.2) is 0 Å². The van der Waals surface area contributed by atoms with Crippen LogP contribution in [0.15, 0.2) is 0 Å². The first kappa shape index (κ1) is 11.4. The Morgan fingerprint density at radius 3 is 2.08 bits per heavy atom. The van der Waals surface area contributed by atoms with Gasteiger partial charge in [-0.15, -0.1) is 0 Å². The van der Waals surface area contributed by atoms with Crippen molar-refractivity contribution < 1.29 is 4.74 Å². The topological polar surface area (TPSA) is 15.7 Å². The molecule has 0 unspecified atom stereocenters. The summed E-state index contributed by atoms with van der Waals surface area (Å²) in [4.78, 5) is 4.93. The van der Waals surface area contributed by atoms with E-state index in [9.17, 15) is 0 Å². The molecule has 0 aliphatic carbocycles. The van der Waals surface area contributed by atoms with Crippen LogP contribution in [0.1, 0.15) is 0 Å². The van der Waals surface area contributed by atoms with Crippen molar-refractivity contribution in [3.8, 4) is 0 Å². The highest BCUT2D eigenvalue weighted by Gasteiger charge is 2.16. The Morgan fingerprint density at radius 1 is 1.08 bits per heavy atom. The molecule has 0 aromatic heterocycles. The molecule has 78 valence electrons. The van der Waals surface area contributed by atoms with Crippen LogP contribution in [0.4, 0.5) is 0 Å². The SMILES string of the molecule is COCN1CCN(CP(C)C)CC1. The standard InChI is InChI=1S/C9H21N2OP/c1-12-8-10-4-6-11(7-5-10)9-13(2)3/h4-9H2,1-3H3. The Hall–Kier alpha value is 0.310. The summed E-state index contributed by atoms with van der Waals surface area (Å²) in [6.45, 7) is 10.2. The summed E-state index contributed by atoms with van der Waals surface area (Å²) in [5.41, 5.74) is 0. The maximum absolute atomic E-state index is 5.11. The minimum absolute atomic E-state index is 0.231. The van der Waals surface area contributed by atoms with Gasteiger partial charge in [0.05, 0.1) is 6.73 Å². The fraction of sp³-hybridized carbons (Fsp3) is 1.00. The van der Waals surface area contributed by atoms with Crippen LogP contribution >= 0.6 is 7.92 Å². The van der Waals surface area contributed by atoms with Gasteiger partial charge in [-0.2, -0.15) is 0 Å². The second kappa shape index (κ2) is 5.92. The molecule has 0 aromatic carbocycles. The number of ether oxygens (including phenoxy) is 1. The molecule has 1 fully saturated rings. The van der Waals surface area contributed by atoms with E-state index < -0.39 is 0 Å². The monoisotopic (exact) mass is 204 g/mol. The minimum Gasteiger partial charge on any atom is -0.369 e. The highest BCUT2D eigenvalue weighted by atomic mass is 31.1. The fourth-order valence-electron chi connectivity index (χ4n) is 1.64. The largest absolute Gasteiger partial charge is 0.369 e. The maximum atomic E-state index is 5.11. The average Bonchev–Trinajstić information content (AvgIpc) is 2.08. The van der Waals surface area contributed by atoms with Crippen LogP contribution in [0.3, 0.4) is 0 Å². The minimum atomic E-state index is 0.231. The van der Waals surface area contributed by atoms with Crippen LogP contribution in [0.5, 0.6) is 0 Å². The highest BCUT2D eigenvalue weighted by molar-refractivity contribution is 7.55. The molecule has 0 N–H and O–H groups in total. The second-order valence-corrected chi connectivity index (χ2v) is 6.32. The summed E-state index contributed by atoms with van der Waals surface area (Å²) < 4.78 is 5.11. The molecule has 0 spiro atoms. The van der Waals surface area contributed by atoms with Gasteiger partial charge in [0, 0.05) is 39.6 Å². The highest BCUT2D eigenvalue weighted by Crippen LogP contribution is 2.25. The van der Waals surface area contributed by atoms with Crippen molar-refractivity contribution in [3.05, 3.63) is 0 Å². The molecule has 4 heteroatoms. The van der Waals surface area contributed by atoms with E-state index in [1.807, 2.05) is 0 Å². The number of methoxy groups -OCH3 is 1. The van der Waals surface area contributed by atoms with E-state index in [0.717, 1.165) is 19.8 Å². The van der Waals surface area contributed by atoms with E-state index in [-0.39, 0.29) is 7.92 Å². The third-order valence-electron chi connectivity index (χ3n) is 2.26. The maximum Gasteiger partial charge on any atom is 0.0987 e. The Balaban J connectivity index is 2.15. The Kier molecular flexibility index (Phi) is 5.18. The molecule has 1 heterocycles. The zero-order valence-electron chi connectivity index (χ0n) is 8.99. The Labute approximate surface area is 82.8 Å². The van der Waals surface area contributed by atoms with E-state index in [1.165, 1.54) is 19.4 Å². The summed E-state index contributed by atoms with van der Waals surface area (Å²) in [6.07, 6.45) is 1.30. The predicted molar refractivity (Wildman–Crippen MR) is 58.7 cm³/mol. The average molecular weight is 204 g/mol. The second-order valence-electron chi connectivity index (χ2n) is 3.87. The number of rotatable bonds is 4. The first-order valence-corrected chi connectivity index (χ1v) is 7.23. The van der Waals surface area contributed by atoms with Crippen molar-refractivity contribution in [1.82, 2.24) is 9.80 Å². The van der Waals surface area contributed by atoms with E-state index >= 15 is 0 Å². The summed E-state index contributed by atoms with van der Waals surface area (Å²) in [5, 5.41) is 0. The van der Waals surface area contributed by atoms with E-state index in [1.54, 1.807) is 7.11 Å². The molecule has 1 rings (SSSR count). The first-order valence-electron chi connectivity index (χ1n) is 4.80. The van der Waals surface area contributed by atoms with Gasteiger partial charge in [-0.25, -0.2) is 0 Å². The van der Waals surface area contributed by atoms with Crippen LogP contribution < -0.4 is 0 Å². The fourth-order valence-corrected chi connectivity index (χ4v) is 2.73. The number of hydrogen-bond acceptors (Lipinski definition) is 3. The van der Waals surface area contributed by atoms with Gasteiger partial charge in [0.1, 0.15) is 0 Å². The molecular formula is C9H21N2OP. The molecule has 1 aliphatic rings. The zero-order chi connectivity index (χ0) is 9.68. The lowest BCUT2D eigenvalue weighted by molar-refractivity contribution is 0.0313. The van der Waals surface area contributed by atoms with Crippen molar-refractivity contribution in [2.45, 2.75) is 0 Å². The van der Waals surface area contributed by atoms with Crippen molar-refractivity contribution >= 4 is 7.92 Å². The van der Waals surface area contributed by atoms with E-state index in [4.69, 9.17) is 4.74 Å². The smallest absolute Gasteiger partial charge is 0.0987 e. The molecule has 0 bridgehead atoms. The first-order chi connectivity index (χ1) is 6.22. The van der Waals surface area contributed by atoms with Crippen molar-refractivity contribution in [2.24, 2.45) is 0 Å². The van der Waals surface area contributed by atoms with Gasteiger partial charge in [-0.3, -0.25) is 9.80 Å². The van der Waals surface area contributed by atoms with Crippen molar-refractivity contribution in [2.75, 3.05) is 59.6 Å². The molecular weight excluding hydrogens is 183 g/mol. The van der Waals surface area contributed by atoms with Crippen molar-refractivity contribution in [3.63, 3.8) is 0 Å². The lowest BCUT2D eigenvalue weighted by Gasteiger charge is -2.34. The van der Waals surface area contributed by atoms with Gasteiger partial charge in [0.2, 0.25) is 0 Å². The summed E-state index contributed by atoms with van der Waals surface area (Å²) in [6, 6.07) is 0. The normalized spacial score (nSPS) is 21.2. The van der Waals surface area contributed by atoms with Gasteiger partial charge >= 0.3 is 0 Å². The third-order valence-corrected chi connectivity index (χ3v) is 3.23. The number of hydrogen-bond donors (Lipinski definition) is 0. The Morgan fingerprint density at radius 2 is 1.62 bits per heavy atom. The molecule has 0 atom stereocenters. The predicted octanol–water partition coefficient (Wildman–Crippen LogP) is 0.907. The van der Waals surface area contributed by atoms with E-state index in [2.05, 4.69) is 23.1 Å². The molecule has 0 saturated carbocycles. The molecule has 3 nitrogen and oxygen atoms in total. The van der Waals surface area contributed by atoms with Crippen LogP contribution in [0, 0.1) is 0 Å². The van der Waals surface area contributed by atoms with Gasteiger partial charge in [0.25, 0.3) is 0 Å². The Bertz CT molecular complexity index is 136. The van der Waals surface area contributed by atoms with Crippen LogP contribution in [0.2, 0.25) is 0 Å². The molecule has 0 amide bonds. The van der Waals surface area contributed by atoms with Crippen molar-refractivity contribution in [1.29, 1.82) is 0 Å². The van der Waals surface area contributed by atoms with Gasteiger partial charge in [-0.05, 0) is 13.3 Å². The summed E-state index contributed by atoms with van der Waals surface area (Å²) in [5.74, 6) is 0. The zero-order valence-corrected chi connectivity index (χ0v) is 9.89. The molecule has 0 radical (unpaired) electrons. The number of piperazine rings is 1. The van der Waals surface area contributed by atoms with Gasteiger partial charge < -0.3 is 4.74 Å². The lowest BCUT2D eigenvalue weighted by Crippen LogP contribution is -2.46. The van der Waals surface area contributed by atoms with Crippen LogP contribution in [-0.4, -0.2) is 69.4 Å². The molecule has 1 aliphatic heterocycles.